The minimum absolute atomic E-state index is 0.0177. The van der Waals surface area contributed by atoms with E-state index in [9.17, 15) is 4.79 Å². The Bertz CT molecular complexity index is 356. The van der Waals surface area contributed by atoms with Crippen LogP contribution in [0.1, 0.15) is 13.0 Å². The summed E-state index contributed by atoms with van der Waals surface area (Å²) in [6, 6.07) is -0.416. The van der Waals surface area contributed by atoms with Crippen molar-refractivity contribution in [3.63, 3.8) is 0 Å². The van der Waals surface area contributed by atoms with Crippen LogP contribution in [0.25, 0.3) is 0 Å². The fourth-order valence-electron chi connectivity index (χ4n) is 1.21. The van der Waals surface area contributed by atoms with E-state index in [1.807, 2.05) is 0 Å². The summed E-state index contributed by atoms with van der Waals surface area (Å²) in [6.07, 6.45) is 3.07. The Morgan fingerprint density at radius 2 is 2.47 bits per heavy atom. The molecular weight excluding hydrogens is 246 g/mol. The average Bonchev–Trinajstić information content (AvgIpc) is 2.74. The Balaban J connectivity index is 2.28. The van der Waals surface area contributed by atoms with E-state index in [-0.39, 0.29) is 19.1 Å². The normalized spacial score (nSPS) is 12.4. The minimum Gasteiger partial charge on any atom is -0.394 e. The maximum absolute atomic E-state index is 11.7. The quantitative estimate of drug-likeness (QED) is 0.689. The van der Waals surface area contributed by atoms with Crippen molar-refractivity contribution in [2.45, 2.75) is 13.0 Å². The van der Waals surface area contributed by atoms with Gasteiger partial charge in [-0.2, -0.15) is 5.10 Å². The highest BCUT2D eigenvalue weighted by Gasteiger charge is 2.14. The number of aliphatic hydroxyl groups excluding tert-OH is 1. The van der Waals surface area contributed by atoms with Gasteiger partial charge in [0.2, 0.25) is 5.91 Å². The third kappa shape index (κ3) is 4.72. The maximum Gasteiger partial charge on any atom is 0.244 e. The molecule has 0 aliphatic rings. The summed E-state index contributed by atoms with van der Waals surface area (Å²) < 4.78 is 6.51. The molecule has 6 nitrogen and oxygen atoms in total. The molecule has 1 atom stereocenters. The van der Waals surface area contributed by atoms with Crippen LogP contribution >= 0.6 is 11.6 Å². The molecule has 96 valence electrons. The van der Waals surface area contributed by atoms with Crippen LogP contribution in [0.3, 0.4) is 0 Å². The zero-order valence-electron chi connectivity index (χ0n) is 9.60. The second-order valence-corrected chi connectivity index (χ2v) is 3.88. The van der Waals surface area contributed by atoms with Gasteiger partial charge in [0.25, 0.3) is 0 Å². The maximum atomic E-state index is 11.7. The molecule has 7 heteroatoms. The molecule has 1 rings (SSSR count). The Labute approximate surface area is 105 Å². The first-order chi connectivity index (χ1) is 8.15. The van der Waals surface area contributed by atoms with Crippen LogP contribution in [0, 0.1) is 0 Å². The SMILES string of the molecule is C[C@H](C(=O)NCCOCCO)n1cc(Cl)cn1. The highest BCUT2D eigenvalue weighted by Crippen LogP contribution is 2.10. The van der Waals surface area contributed by atoms with E-state index >= 15 is 0 Å². The number of amides is 1. The zero-order chi connectivity index (χ0) is 12.7. The number of nitrogens with one attached hydrogen (secondary N) is 1. The van der Waals surface area contributed by atoms with Crippen molar-refractivity contribution in [1.29, 1.82) is 0 Å². The summed E-state index contributed by atoms with van der Waals surface area (Å²) >= 11 is 5.71. The molecule has 1 aromatic rings. The number of aromatic nitrogens is 2. The first-order valence-electron chi connectivity index (χ1n) is 5.31. The van der Waals surface area contributed by atoms with Crippen molar-refractivity contribution in [2.24, 2.45) is 0 Å². The number of carbonyl (C=O) groups is 1. The number of aliphatic hydroxyl groups is 1. The van der Waals surface area contributed by atoms with Crippen molar-refractivity contribution in [3.8, 4) is 0 Å². The standard InChI is InChI=1S/C10H16ClN3O3/c1-8(14-7-9(11)6-13-14)10(16)12-2-4-17-5-3-15/h6-8,15H,2-5H2,1H3,(H,12,16)/t8-/m1/s1. The predicted molar refractivity (Wildman–Crippen MR) is 62.9 cm³/mol. The van der Waals surface area contributed by atoms with Crippen LogP contribution in [-0.4, -0.2) is 47.2 Å². The van der Waals surface area contributed by atoms with E-state index in [4.69, 9.17) is 21.4 Å². The monoisotopic (exact) mass is 261 g/mol. The lowest BCUT2D eigenvalue weighted by molar-refractivity contribution is -0.124. The predicted octanol–water partition coefficient (Wildman–Crippen LogP) is 0.223. The van der Waals surface area contributed by atoms with E-state index in [1.54, 1.807) is 13.1 Å². The van der Waals surface area contributed by atoms with Gasteiger partial charge in [-0.3, -0.25) is 9.48 Å². The molecule has 0 spiro atoms. The van der Waals surface area contributed by atoms with Gasteiger partial charge in [-0.15, -0.1) is 0 Å². The molecule has 0 radical (unpaired) electrons. The van der Waals surface area contributed by atoms with Crippen LogP contribution in [-0.2, 0) is 9.53 Å². The van der Waals surface area contributed by atoms with Gasteiger partial charge in [0, 0.05) is 12.7 Å². The summed E-state index contributed by atoms with van der Waals surface area (Å²) in [6.45, 7) is 2.76. The molecule has 2 N–H and O–H groups in total. The number of hydrogen-bond donors (Lipinski definition) is 2. The summed E-state index contributed by atoms with van der Waals surface area (Å²) in [5.74, 6) is -0.155. The average molecular weight is 262 g/mol. The van der Waals surface area contributed by atoms with Crippen molar-refractivity contribution in [2.75, 3.05) is 26.4 Å². The highest BCUT2D eigenvalue weighted by molar-refractivity contribution is 6.30. The van der Waals surface area contributed by atoms with Gasteiger partial charge >= 0.3 is 0 Å². The van der Waals surface area contributed by atoms with E-state index in [0.717, 1.165) is 0 Å². The Hall–Kier alpha value is -1.11. The fourth-order valence-corrected chi connectivity index (χ4v) is 1.35. The molecule has 1 heterocycles. The number of ether oxygens (including phenoxy) is 1. The largest absolute Gasteiger partial charge is 0.394 e. The first-order valence-corrected chi connectivity index (χ1v) is 5.69. The number of halogens is 1. The molecule has 17 heavy (non-hydrogen) atoms. The molecule has 0 aliphatic carbocycles. The third-order valence-corrected chi connectivity index (χ3v) is 2.32. The van der Waals surface area contributed by atoms with Crippen molar-refractivity contribution >= 4 is 17.5 Å². The van der Waals surface area contributed by atoms with Gasteiger partial charge < -0.3 is 15.2 Å². The fraction of sp³-hybridized carbons (Fsp3) is 0.600. The first kappa shape index (κ1) is 14.0. The Morgan fingerprint density at radius 3 is 3.06 bits per heavy atom. The van der Waals surface area contributed by atoms with E-state index in [2.05, 4.69) is 10.4 Å². The second-order valence-electron chi connectivity index (χ2n) is 3.44. The van der Waals surface area contributed by atoms with Gasteiger partial charge in [-0.25, -0.2) is 0 Å². The lowest BCUT2D eigenvalue weighted by atomic mass is 10.3. The number of carbonyl (C=O) groups excluding carboxylic acids is 1. The van der Waals surface area contributed by atoms with Crippen LogP contribution in [0.5, 0.6) is 0 Å². The lowest BCUT2D eigenvalue weighted by Gasteiger charge is -2.12. The molecule has 0 unspecified atom stereocenters. The summed E-state index contributed by atoms with van der Waals surface area (Å²) in [4.78, 5) is 11.7. The smallest absolute Gasteiger partial charge is 0.244 e. The van der Waals surface area contributed by atoms with Crippen LogP contribution in [0.15, 0.2) is 12.4 Å². The Kier molecular flexibility index (Phi) is 5.96. The van der Waals surface area contributed by atoms with Crippen molar-refractivity contribution in [3.05, 3.63) is 17.4 Å². The van der Waals surface area contributed by atoms with Crippen LogP contribution in [0.2, 0.25) is 5.02 Å². The van der Waals surface area contributed by atoms with Gasteiger partial charge in [-0.05, 0) is 6.92 Å². The van der Waals surface area contributed by atoms with Gasteiger partial charge in [-0.1, -0.05) is 11.6 Å². The van der Waals surface area contributed by atoms with E-state index in [1.165, 1.54) is 10.9 Å². The second kappa shape index (κ2) is 7.26. The van der Waals surface area contributed by atoms with Gasteiger partial charge in [0.05, 0.1) is 31.0 Å². The van der Waals surface area contributed by atoms with Gasteiger partial charge in [0.1, 0.15) is 6.04 Å². The van der Waals surface area contributed by atoms with Crippen molar-refractivity contribution < 1.29 is 14.6 Å². The molecular formula is C10H16ClN3O3. The number of rotatable bonds is 7. The zero-order valence-corrected chi connectivity index (χ0v) is 10.4. The number of nitrogens with zero attached hydrogens (tertiary/aromatic N) is 2. The summed E-state index contributed by atoms with van der Waals surface area (Å²) in [7, 11) is 0. The number of hydrogen-bond acceptors (Lipinski definition) is 4. The molecule has 0 aliphatic heterocycles. The third-order valence-electron chi connectivity index (χ3n) is 2.13. The molecule has 0 saturated carbocycles. The molecule has 0 bridgehead atoms. The van der Waals surface area contributed by atoms with E-state index in [0.29, 0.717) is 18.2 Å². The lowest BCUT2D eigenvalue weighted by Crippen LogP contribution is -2.33. The summed E-state index contributed by atoms with van der Waals surface area (Å²) in [5.41, 5.74) is 0. The minimum atomic E-state index is -0.416. The highest BCUT2D eigenvalue weighted by atomic mass is 35.5. The molecule has 0 saturated heterocycles. The van der Waals surface area contributed by atoms with Crippen molar-refractivity contribution in [1.82, 2.24) is 15.1 Å². The topological polar surface area (TPSA) is 76.4 Å². The van der Waals surface area contributed by atoms with Gasteiger partial charge in [0.15, 0.2) is 0 Å². The van der Waals surface area contributed by atoms with E-state index < -0.39 is 6.04 Å². The molecule has 1 amide bonds. The van der Waals surface area contributed by atoms with Crippen LogP contribution in [0.4, 0.5) is 0 Å². The molecule has 0 aromatic carbocycles. The molecule has 0 fully saturated rings. The van der Waals surface area contributed by atoms with Crippen LogP contribution < -0.4 is 5.32 Å². The Morgan fingerprint density at radius 1 is 1.71 bits per heavy atom. The summed E-state index contributed by atoms with van der Waals surface area (Å²) in [5, 5.41) is 15.6. The molecule has 1 aromatic heterocycles.